The van der Waals surface area contributed by atoms with E-state index in [1.54, 1.807) is 12.1 Å². The molecule has 182 valence electrons. The van der Waals surface area contributed by atoms with Crippen LogP contribution in [0.4, 0.5) is 5.69 Å². The largest absolute Gasteiger partial charge is 0.347 e. The quantitative estimate of drug-likeness (QED) is 0.510. The molecule has 0 bridgehead atoms. The second-order valence-corrected chi connectivity index (χ2v) is 10.2. The van der Waals surface area contributed by atoms with Crippen molar-refractivity contribution in [3.8, 4) is 0 Å². The third-order valence-electron chi connectivity index (χ3n) is 7.01. The Balaban J connectivity index is 1.33. The van der Waals surface area contributed by atoms with E-state index in [0.29, 0.717) is 10.1 Å². The van der Waals surface area contributed by atoms with E-state index in [0.717, 1.165) is 49.0 Å². The molecular weight excluding hydrogens is 466 g/mol. The molecule has 1 atom stereocenters. The van der Waals surface area contributed by atoms with E-state index in [2.05, 4.69) is 33.0 Å². The van der Waals surface area contributed by atoms with E-state index >= 15 is 0 Å². The van der Waals surface area contributed by atoms with Crippen LogP contribution in [0, 0.1) is 11.8 Å². The van der Waals surface area contributed by atoms with Gasteiger partial charge in [0.05, 0.1) is 0 Å². The van der Waals surface area contributed by atoms with Gasteiger partial charge in [0.1, 0.15) is 6.04 Å². The van der Waals surface area contributed by atoms with Gasteiger partial charge in [-0.2, -0.15) is 0 Å². The molecule has 2 saturated heterocycles. The fourth-order valence-electron chi connectivity index (χ4n) is 4.98. The summed E-state index contributed by atoms with van der Waals surface area (Å²) in [6.07, 6.45) is 4.86. The molecule has 0 aromatic heterocycles. The zero-order valence-corrected chi connectivity index (χ0v) is 21.2. The maximum absolute atomic E-state index is 13.3. The average Bonchev–Trinajstić information content (AvgIpc) is 2.85. The highest BCUT2D eigenvalue weighted by atomic mass is 35.5. The first-order valence-corrected chi connectivity index (χ1v) is 12.9. The number of thiocarbonyl (C=S) groups is 1. The van der Waals surface area contributed by atoms with E-state index in [4.69, 9.17) is 23.8 Å². The lowest BCUT2D eigenvalue weighted by molar-refractivity contribution is -0.128. The molecule has 0 saturated carbocycles. The maximum atomic E-state index is 13.3. The van der Waals surface area contributed by atoms with Crippen molar-refractivity contribution in [1.29, 1.82) is 0 Å². The lowest BCUT2D eigenvalue weighted by Crippen LogP contribution is -2.52. The zero-order valence-electron chi connectivity index (χ0n) is 19.7. The van der Waals surface area contributed by atoms with Crippen LogP contribution in [-0.2, 0) is 4.79 Å². The third-order valence-corrected chi connectivity index (χ3v) is 7.48. The number of likely N-dealkylation sites (tertiary alicyclic amines) is 1. The van der Waals surface area contributed by atoms with E-state index in [1.807, 2.05) is 42.5 Å². The summed E-state index contributed by atoms with van der Waals surface area (Å²) in [7, 11) is 2.21. The first-order chi connectivity index (χ1) is 16.5. The van der Waals surface area contributed by atoms with Crippen LogP contribution >= 0.6 is 23.8 Å². The predicted octanol–water partition coefficient (Wildman–Crippen LogP) is 4.45. The van der Waals surface area contributed by atoms with Crippen molar-refractivity contribution in [1.82, 2.24) is 20.7 Å². The smallest absolute Gasteiger partial charge is 0.261 e. The summed E-state index contributed by atoms with van der Waals surface area (Å²) < 4.78 is 0. The summed E-state index contributed by atoms with van der Waals surface area (Å²) in [5.74, 6) is 1.48. The molecular formula is C26H34ClN5OS. The third kappa shape index (κ3) is 6.92. The highest BCUT2D eigenvalue weighted by molar-refractivity contribution is 7.80. The zero-order chi connectivity index (χ0) is 23.9. The Morgan fingerprint density at radius 1 is 0.941 bits per heavy atom. The van der Waals surface area contributed by atoms with Crippen LogP contribution in [0.5, 0.6) is 0 Å². The Bertz CT molecular complexity index is 941. The molecule has 0 aliphatic carbocycles. The van der Waals surface area contributed by atoms with Crippen LogP contribution in [0.1, 0.15) is 37.3 Å². The van der Waals surface area contributed by atoms with Gasteiger partial charge in [0, 0.05) is 23.8 Å². The highest BCUT2D eigenvalue weighted by Crippen LogP contribution is 2.31. The van der Waals surface area contributed by atoms with Gasteiger partial charge >= 0.3 is 0 Å². The standard InChI is InChI=1S/C26H34ClN5OS/c1-31-15-11-19(12-16-31)20-13-17-32(18-14-20)30-25(33)24(21-5-3-2-4-6-21)29-26(34)28-23-9-7-22(27)8-10-23/h2-10,19-20,24H,11-18H2,1H3,(H,30,33)(H2,28,29,34)/t24-/m1/s1. The lowest BCUT2D eigenvalue weighted by atomic mass is 9.79. The summed E-state index contributed by atoms with van der Waals surface area (Å²) in [5, 5.41) is 9.44. The molecule has 0 spiro atoms. The number of hydrogen-bond donors (Lipinski definition) is 3. The summed E-state index contributed by atoms with van der Waals surface area (Å²) in [4.78, 5) is 15.8. The molecule has 4 rings (SSSR count). The number of halogens is 1. The van der Waals surface area contributed by atoms with Crippen molar-refractivity contribution in [3.63, 3.8) is 0 Å². The van der Waals surface area contributed by atoms with Gasteiger partial charge in [-0.1, -0.05) is 41.9 Å². The molecule has 2 aromatic rings. The summed E-state index contributed by atoms with van der Waals surface area (Å²) in [5.41, 5.74) is 4.82. The van der Waals surface area contributed by atoms with Gasteiger partial charge < -0.3 is 15.5 Å². The normalized spacial score (nSPS) is 19.4. The molecule has 34 heavy (non-hydrogen) atoms. The molecule has 1 amide bonds. The second-order valence-electron chi connectivity index (χ2n) is 9.39. The highest BCUT2D eigenvalue weighted by Gasteiger charge is 2.30. The topological polar surface area (TPSA) is 59.6 Å². The number of nitrogens with zero attached hydrogens (tertiary/aromatic N) is 2. The van der Waals surface area contributed by atoms with Crippen molar-refractivity contribution in [2.45, 2.75) is 31.7 Å². The number of carbonyl (C=O) groups is 1. The van der Waals surface area contributed by atoms with E-state index in [-0.39, 0.29) is 5.91 Å². The molecule has 6 nitrogen and oxygen atoms in total. The van der Waals surface area contributed by atoms with Gasteiger partial charge in [-0.05, 0) is 99.7 Å². The molecule has 2 heterocycles. The van der Waals surface area contributed by atoms with Crippen molar-refractivity contribution < 1.29 is 4.79 Å². The van der Waals surface area contributed by atoms with Crippen LogP contribution in [0.25, 0.3) is 0 Å². The molecule has 0 unspecified atom stereocenters. The van der Waals surface area contributed by atoms with Crippen LogP contribution < -0.4 is 16.1 Å². The van der Waals surface area contributed by atoms with Crippen LogP contribution in [0.3, 0.4) is 0 Å². The summed E-state index contributed by atoms with van der Waals surface area (Å²) in [6.45, 7) is 4.18. The number of nitrogens with one attached hydrogen (secondary N) is 3. The fourth-order valence-corrected chi connectivity index (χ4v) is 5.34. The number of amides is 1. The molecule has 2 aromatic carbocycles. The number of anilines is 1. The SMILES string of the molecule is CN1CCC(C2CCN(NC(=O)[C@H](NC(=S)Nc3ccc(Cl)cc3)c3ccccc3)CC2)CC1. The Morgan fingerprint density at radius 2 is 1.53 bits per heavy atom. The van der Waals surface area contributed by atoms with Crippen LogP contribution in [0.2, 0.25) is 5.02 Å². The molecule has 2 fully saturated rings. The maximum Gasteiger partial charge on any atom is 0.261 e. The minimum atomic E-state index is -0.597. The van der Waals surface area contributed by atoms with Gasteiger partial charge in [-0.15, -0.1) is 0 Å². The molecule has 0 radical (unpaired) electrons. The minimum Gasteiger partial charge on any atom is -0.347 e. The number of carbonyl (C=O) groups excluding carboxylic acids is 1. The molecule has 8 heteroatoms. The van der Waals surface area contributed by atoms with Crippen molar-refractivity contribution in [2.75, 3.05) is 38.5 Å². The van der Waals surface area contributed by atoms with Gasteiger partial charge in [0.2, 0.25) is 0 Å². The Hall–Kier alpha value is -2.19. The Labute approximate surface area is 213 Å². The van der Waals surface area contributed by atoms with Crippen molar-refractivity contribution >= 4 is 40.5 Å². The monoisotopic (exact) mass is 499 g/mol. The Morgan fingerprint density at radius 3 is 2.15 bits per heavy atom. The van der Waals surface area contributed by atoms with Crippen molar-refractivity contribution in [2.24, 2.45) is 11.8 Å². The number of hydrogen-bond acceptors (Lipinski definition) is 4. The summed E-state index contributed by atoms with van der Waals surface area (Å²) in [6, 6.07) is 16.4. The lowest BCUT2D eigenvalue weighted by Gasteiger charge is -2.39. The average molecular weight is 500 g/mol. The number of hydrazine groups is 1. The van der Waals surface area contributed by atoms with Crippen molar-refractivity contribution in [3.05, 3.63) is 65.2 Å². The number of benzene rings is 2. The number of rotatable bonds is 6. The molecule has 2 aliphatic rings. The van der Waals surface area contributed by atoms with Gasteiger partial charge in [-0.3, -0.25) is 10.2 Å². The van der Waals surface area contributed by atoms with E-state index in [1.165, 1.54) is 25.9 Å². The predicted molar refractivity (Wildman–Crippen MR) is 143 cm³/mol. The number of piperidine rings is 2. The molecule has 2 aliphatic heterocycles. The summed E-state index contributed by atoms with van der Waals surface area (Å²) >= 11 is 11.5. The van der Waals surface area contributed by atoms with Gasteiger partial charge in [-0.25, -0.2) is 5.01 Å². The van der Waals surface area contributed by atoms with E-state index in [9.17, 15) is 4.79 Å². The first kappa shape index (κ1) is 24.9. The first-order valence-electron chi connectivity index (χ1n) is 12.1. The molecule has 3 N–H and O–H groups in total. The van der Waals surface area contributed by atoms with E-state index < -0.39 is 6.04 Å². The van der Waals surface area contributed by atoms with Crippen LogP contribution in [-0.4, -0.2) is 54.2 Å². The van der Waals surface area contributed by atoms with Gasteiger partial charge in [0.15, 0.2) is 5.11 Å². The van der Waals surface area contributed by atoms with Gasteiger partial charge in [0.25, 0.3) is 5.91 Å². The second kappa shape index (κ2) is 12.0. The minimum absolute atomic E-state index is 0.107. The fraction of sp³-hybridized carbons (Fsp3) is 0.462. The van der Waals surface area contributed by atoms with Crippen LogP contribution in [0.15, 0.2) is 54.6 Å². The Kier molecular flexibility index (Phi) is 8.78.